The fraction of sp³-hybridized carbons (Fsp3) is 0.381. The average molecular weight is 338 g/mol. The van der Waals surface area contributed by atoms with Crippen molar-refractivity contribution < 1.29 is 9.90 Å². The molecule has 2 aromatic carbocycles. The van der Waals surface area contributed by atoms with E-state index >= 15 is 0 Å². The van der Waals surface area contributed by atoms with E-state index in [-0.39, 0.29) is 19.1 Å². The maximum absolute atomic E-state index is 12.6. The van der Waals surface area contributed by atoms with Crippen molar-refractivity contribution in [2.24, 2.45) is 0 Å². The van der Waals surface area contributed by atoms with Gasteiger partial charge in [0.05, 0.1) is 18.7 Å². The maximum Gasteiger partial charge on any atom is 0.236 e. The average Bonchev–Trinajstić information content (AvgIpc) is 3.01. The molecule has 2 aromatic rings. The molecular formula is C21H26N2O2. The minimum Gasteiger partial charge on any atom is -0.394 e. The predicted molar refractivity (Wildman–Crippen MR) is 99.2 cm³/mol. The SMILES string of the molecule is Cc1ccccc1CN(C)C(=O)CNC1(CO)CCc2ccccc21. The molecule has 0 fully saturated rings. The molecule has 1 aliphatic rings. The van der Waals surface area contributed by atoms with Crippen LogP contribution in [0.5, 0.6) is 0 Å². The molecule has 0 aliphatic heterocycles. The molecule has 4 heteroatoms. The van der Waals surface area contributed by atoms with E-state index in [0.717, 1.165) is 24.0 Å². The summed E-state index contributed by atoms with van der Waals surface area (Å²) >= 11 is 0. The van der Waals surface area contributed by atoms with Gasteiger partial charge in [-0.3, -0.25) is 10.1 Å². The Hall–Kier alpha value is -2.17. The number of hydrogen-bond donors (Lipinski definition) is 2. The van der Waals surface area contributed by atoms with E-state index < -0.39 is 5.54 Å². The van der Waals surface area contributed by atoms with E-state index in [2.05, 4.69) is 30.4 Å². The second kappa shape index (κ2) is 7.38. The van der Waals surface area contributed by atoms with Crippen LogP contribution in [0, 0.1) is 6.92 Å². The second-order valence-electron chi connectivity index (χ2n) is 6.93. The monoisotopic (exact) mass is 338 g/mol. The Balaban J connectivity index is 1.64. The van der Waals surface area contributed by atoms with Crippen molar-refractivity contribution in [2.45, 2.75) is 31.8 Å². The molecule has 132 valence electrons. The largest absolute Gasteiger partial charge is 0.394 e. The molecule has 0 saturated carbocycles. The first kappa shape index (κ1) is 17.6. The predicted octanol–water partition coefficient (Wildman–Crippen LogP) is 2.38. The van der Waals surface area contributed by atoms with E-state index in [0.29, 0.717) is 6.54 Å². The number of carbonyl (C=O) groups is 1. The summed E-state index contributed by atoms with van der Waals surface area (Å²) in [5.74, 6) is 0.0282. The molecule has 0 heterocycles. The van der Waals surface area contributed by atoms with Gasteiger partial charge in [-0.05, 0) is 42.0 Å². The number of aliphatic hydroxyl groups is 1. The van der Waals surface area contributed by atoms with Gasteiger partial charge >= 0.3 is 0 Å². The molecular weight excluding hydrogens is 312 g/mol. The zero-order valence-electron chi connectivity index (χ0n) is 15.0. The number of rotatable bonds is 6. The van der Waals surface area contributed by atoms with Crippen LogP contribution in [0.1, 0.15) is 28.7 Å². The highest BCUT2D eigenvalue weighted by Gasteiger charge is 2.38. The van der Waals surface area contributed by atoms with Crippen LogP contribution in [0.2, 0.25) is 0 Å². The highest BCUT2D eigenvalue weighted by molar-refractivity contribution is 5.78. The lowest BCUT2D eigenvalue weighted by Crippen LogP contribution is -2.48. The van der Waals surface area contributed by atoms with Gasteiger partial charge < -0.3 is 10.0 Å². The summed E-state index contributed by atoms with van der Waals surface area (Å²) in [6.07, 6.45) is 1.74. The third kappa shape index (κ3) is 3.60. The van der Waals surface area contributed by atoms with Crippen LogP contribution in [0.15, 0.2) is 48.5 Å². The van der Waals surface area contributed by atoms with Gasteiger partial charge in [0.25, 0.3) is 0 Å². The molecule has 1 unspecified atom stereocenters. The molecule has 1 atom stereocenters. The number of nitrogens with zero attached hydrogens (tertiary/aromatic N) is 1. The Bertz CT molecular complexity index is 759. The zero-order valence-corrected chi connectivity index (χ0v) is 15.0. The summed E-state index contributed by atoms with van der Waals surface area (Å²) in [6, 6.07) is 16.3. The maximum atomic E-state index is 12.6. The quantitative estimate of drug-likeness (QED) is 0.850. The van der Waals surface area contributed by atoms with E-state index in [1.165, 1.54) is 11.1 Å². The molecule has 4 nitrogen and oxygen atoms in total. The molecule has 1 aliphatic carbocycles. The molecule has 0 aromatic heterocycles. The lowest BCUT2D eigenvalue weighted by molar-refractivity contribution is -0.130. The first-order chi connectivity index (χ1) is 12.1. The van der Waals surface area contributed by atoms with Crippen LogP contribution >= 0.6 is 0 Å². The van der Waals surface area contributed by atoms with E-state index in [9.17, 15) is 9.90 Å². The molecule has 1 amide bonds. The number of hydrogen-bond acceptors (Lipinski definition) is 3. The molecule has 0 radical (unpaired) electrons. The van der Waals surface area contributed by atoms with Crippen molar-refractivity contribution in [2.75, 3.05) is 20.2 Å². The van der Waals surface area contributed by atoms with Crippen molar-refractivity contribution in [1.82, 2.24) is 10.2 Å². The van der Waals surface area contributed by atoms with Gasteiger partial charge in [0.1, 0.15) is 0 Å². The van der Waals surface area contributed by atoms with Crippen LogP contribution in [0.4, 0.5) is 0 Å². The number of fused-ring (bicyclic) bond motifs is 1. The van der Waals surface area contributed by atoms with Gasteiger partial charge in [-0.25, -0.2) is 0 Å². The zero-order chi connectivity index (χ0) is 17.9. The molecule has 0 spiro atoms. The van der Waals surface area contributed by atoms with E-state index in [1.54, 1.807) is 4.90 Å². The third-order valence-corrected chi connectivity index (χ3v) is 5.30. The van der Waals surface area contributed by atoms with Gasteiger partial charge in [-0.15, -0.1) is 0 Å². The summed E-state index contributed by atoms with van der Waals surface area (Å²) in [6.45, 7) is 2.87. The van der Waals surface area contributed by atoms with Crippen LogP contribution in [-0.2, 0) is 23.3 Å². The summed E-state index contributed by atoms with van der Waals surface area (Å²) < 4.78 is 0. The number of likely N-dealkylation sites (N-methyl/N-ethyl adjacent to an activating group) is 1. The number of nitrogens with one attached hydrogen (secondary N) is 1. The lowest BCUT2D eigenvalue weighted by Gasteiger charge is -2.30. The van der Waals surface area contributed by atoms with Crippen molar-refractivity contribution in [1.29, 1.82) is 0 Å². The standard InChI is InChI=1S/C21H26N2O2/c1-16-7-3-4-9-18(16)14-23(2)20(25)13-22-21(15-24)12-11-17-8-5-6-10-19(17)21/h3-10,22,24H,11-15H2,1-2H3. The highest BCUT2D eigenvalue weighted by Crippen LogP contribution is 2.36. The fourth-order valence-corrected chi connectivity index (χ4v) is 3.60. The summed E-state index contributed by atoms with van der Waals surface area (Å²) in [4.78, 5) is 14.3. The van der Waals surface area contributed by atoms with Gasteiger partial charge in [-0.1, -0.05) is 48.5 Å². The fourth-order valence-electron chi connectivity index (χ4n) is 3.60. The first-order valence-corrected chi connectivity index (χ1v) is 8.78. The molecule has 3 rings (SSSR count). The third-order valence-electron chi connectivity index (χ3n) is 5.30. The Kier molecular flexibility index (Phi) is 5.21. The summed E-state index contributed by atoms with van der Waals surface area (Å²) in [5, 5.41) is 13.3. The lowest BCUT2D eigenvalue weighted by atomic mass is 9.92. The number of aliphatic hydroxyl groups excluding tert-OH is 1. The molecule has 0 bridgehead atoms. The number of carbonyl (C=O) groups excluding carboxylic acids is 1. The van der Waals surface area contributed by atoms with E-state index in [1.807, 2.05) is 37.4 Å². The van der Waals surface area contributed by atoms with Crippen molar-refractivity contribution in [3.05, 3.63) is 70.8 Å². The van der Waals surface area contributed by atoms with Gasteiger partial charge in [0.15, 0.2) is 0 Å². The second-order valence-corrected chi connectivity index (χ2v) is 6.93. The normalized spacial score (nSPS) is 18.8. The van der Waals surface area contributed by atoms with E-state index in [4.69, 9.17) is 0 Å². The summed E-state index contributed by atoms with van der Waals surface area (Å²) in [5.41, 5.74) is 4.21. The van der Waals surface area contributed by atoms with Crippen molar-refractivity contribution >= 4 is 5.91 Å². The van der Waals surface area contributed by atoms with Gasteiger partial charge in [-0.2, -0.15) is 0 Å². The number of amides is 1. The van der Waals surface area contributed by atoms with Gasteiger partial charge in [0, 0.05) is 13.6 Å². The number of aryl methyl sites for hydroxylation is 2. The Labute approximate surface area is 149 Å². The van der Waals surface area contributed by atoms with Crippen LogP contribution < -0.4 is 5.32 Å². The number of benzene rings is 2. The Morgan fingerprint density at radius 3 is 2.68 bits per heavy atom. The highest BCUT2D eigenvalue weighted by atomic mass is 16.3. The van der Waals surface area contributed by atoms with Crippen molar-refractivity contribution in [3.63, 3.8) is 0 Å². The van der Waals surface area contributed by atoms with Crippen LogP contribution in [0.25, 0.3) is 0 Å². The topological polar surface area (TPSA) is 52.6 Å². The summed E-state index contributed by atoms with van der Waals surface area (Å²) in [7, 11) is 1.82. The molecule has 2 N–H and O–H groups in total. The molecule has 25 heavy (non-hydrogen) atoms. The first-order valence-electron chi connectivity index (χ1n) is 8.78. The van der Waals surface area contributed by atoms with Crippen LogP contribution in [0.3, 0.4) is 0 Å². The molecule has 0 saturated heterocycles. The van der Waals surface area contributed by atoms with Crippen LogP contribution in [-0.4, -0.2) is 36.1 Å². The minimum absolute atomic E-state index is 0.00119. The smallest absolute Gasteiger partial charge is 0.236 e. The minimum atomic E-state index is -0.504. The van der Waals surface area contributed by atoms with Gasteiger partial charge in [0.2, 0.25) is 5.91 Å². The van der Waals surface area contributed by atoms with Crippen molar-refractivity contribution in [3.8, 4) is 0 Å². The Morgan fingerprint density at radius 1 is 1.20 bits per heavy atom. The Morgan fingerprint density at radius 2 is 1.92 bits per heavy atom.